The third-order valence-corrected chi connectivity index (χ3v) is 3.36. The molecule has 1 heterocycles. The van der Waals surface area contributed by atoms with Crippen LogP contribution in [0.15, 0.2) is 30.6 Å². The van der Waals surface area contributed by atoms with E-state index in [4.69, 9.17) is 11.6 Å². The predicted octanol–water partition coefficient (Wildman–Crippen LogP) is 2.31. The lowest BCUT2D eigenvalue weighted by molar-refractivity contribution is -0.384. The lowest BCUT2D eigenvalue weighted by atomic mass is 10.2. The molecule has 0 radical (unpaired) electrons. The molecule has 2 rings (SSSR count). The summed E-state index contributed by atoms with van der Waals surface area (Å²) in [7, 11) is 1.95. The van der Waals surface area contributed by atoms with Crippen LogP contribution < -0.4 is 5.32 Å². The number of aryl methyl sites for hydroxylation is 1. The number of nitrogens with zero attached hydrogens (tertiary/aromatic N) is 3. The Morgan fingerprint density at radius 2 is 2.30 bits per heavy atom. The van der Waals surface area contributed by atoms with Gasteiger partial charge in [0.25, 0.3) is 5.69 Å². The zero-order chi connectivity index (χ0) is 14.5. The molecule has 0 spiro atoms. The van der Waals surface area contributed by atoms with Crippen LogP contribution >= 0.6 is 11.6 Å². The Morgan fingerprint density at radius 1 is 1.50 bits per heavy atom. The number of rotatable bonds is 6. The molecule has 0 amide bonds. The lowest BCUT2D eigenvalue weighted by Gasteiger charge is -2.07. The Kier molecular flexibility index (Phi) is 4.70. The van der Waals surface area contributed by atoms with Gasteiger partial charge in [-0.1, -0.05) is 11.6 Å². The van der Waals surface area contributed by atoms with Gasteiger partial charge in [-0.3, -0.25) is 10.1 Å². The summed E-state index contributed by atoms with van der Waals surface area (Å²) < 4.78 is 1.97. The van der Waals surface area contributed by atoms with Crippen molar-refractivity contribution in [1.29, 1.82) is 0 Å². The van der Waals surface area contributed by atoms with Gasteiger partial charge in [-0.15, -0.1) is 0 Å². The van der Waals surface area contributed by atoms with Gasteiger partial charge in [0.05, 0.1) is 9.95 Å². The smallest absolute Gasteiger partial charge is 0.270 e. The van der Waals surface area contributed by atoms with Crippen LogP contribution in [0.4, 0.5) is 5.69 Å². The molecule has 0 saturated carbocycles. The number of nitrogens with one attached hydrogen (secondary N) is 1. The monoisotopic (exact) mass is 294 g/mol. The zero-order valence-corrected chi connectivity index (χ0v) is 11.8. The summed E-state index contributed by atoms with van der Waals surface area (Å²) in [6.07, 6.45) is 4.49. The summed E-state index contributed by atoms with van der Waals surface area (Å²) in [6, 6.07) is 4.51. The highest BCUT2D eigenvalue weighted by atomic mass is 35.5. The summed E-state index contributed by atoms with van der Waals surface area (Å²) in [4.78, 5) is 14.4. The first-order valence-corrected chi connectivity index (χ1v) is 6.55. The molecule has 0 saturated heterocycles. The minimum absolute atomic E-state index is 0.00626. The number of non-ortho nitro benzene ring substituents is 1. The highest BCUT2D eigenvalue weighted by Gasteiger charge is 2.09. The molecule has 0 atom stereocenters. The zero-order valence-electron chi connectivity index (χ0n) is 11.0. The molecule has 0 fully saturated rings. The first-order chi connectivity index (χ1) is 9.58. The number of benzene rings is 1. The Bertz CT molecular complexity index is 612. The molecule has 0 unspecified atom stereocenters. The van der Waals surface area contributed by atoms with E-state index in [-0.39, 0.29) is 5.69 Å². The van der Waals surface area contributed by atoms with Gasteiger partial charge in [-0.25, -0.2) is 4.98 Å². The molecule has 2 aromatic rings. The second kappa shape index (κ2) is 6.49. The van der Waals surface area contributed by atoms with E-state index in [0.717, 1.165) is 24.4 Å². The van der Waals surface area contributed by atoms with Crippen LogP contribution in [-0.2, 0) is 20.0 Å². The standard InChI is InChI=1S/C13H15ClN4O2/c1-17-7-6-16-13(17)4-5-15-9-10-2-3-11(18(19)20)8-12(10)14/h2-3,6-8,15H,4-5,9H2,1H3. The van der Waals surface area contributed by atoms with Crippen molar-refractivity contribution in [3.63, 3.8) is 0 Å². The molecular formula is C13H15ClN4O2. The van der Waals surface area contributed by atoms with E-state index >= 15 is 0 Å². The Morgan fingerprint density at radius 3 is 2.90 bits per heavy atom. The first kappa shape index (κ1) is 14.5. The van der Waals surface area contributed by atoms with E-state index in [9.17, 15) is 10.1 Å². The van der Waals surface area contributed by atoms with Crippen molar-refractivity contribution in [3.05, 3.63) is 57.1 Å². The molecule has 0 bridgehead atoms. The second-order valence-electron chi connectivity index (χ2n) is 4.41. The van der Waals surface area contributed by atoms with Gasteiger partial charge >= 0.3 is 0 Å². The van der Waals surface area contributed by atoms with Crippen molar-refractivity contribution in [1.82, 2.24) is 14.9 Å². The van der Waals surface area contributed by atoms with Crippen molar-refractivity contribution < 1.29 is 4.92 Å². The number of hydrogen-bond acceptors (Lipinski definition) is 4. The Labute approximate surface area is 121 Å². The van der Waals surface area contributed by atoms with E-state index in [0.29, 0.717) is 11.6 Å². The second-order valence-corrected chi connectivity index (χ2v) is 4.82. The van der Waals surface area contributed by atoms with Crippen LogP contribution in [0.25, 0.3) is 0 Å². The molecule has 0 aliphatic carbocycles. The van der Waals surface area contributed by atoms with Crippen LogP contribution in [0.5, 0.6) is 0 Å². The van der Waals surface area contributed by atoms with E-state index in [1.165, 1.54) is 12.1 Å². The number of nitro benzene ring substituents is 1. The summed E-state index contributed by atoms with van der Waals surface area (Å²) in [6.45, 7) is 1.33. The lowest BCUT2D eigenvalue weighted by Crippen LogP contribution is -2.18. The molecule has 7 heteroatoms. The highest BCUT2D eigenvalue weighted by Crippen LogP contribution is 2.22. The third kappa shape index (κ3) is 3.55. The SMILES string of the molecule is Cn1ccnc1CCNCc1ccc([N+](=O)[O-])cc1Cl. The van der Waals surface area contributed by atoms with Gasteiger partial charge in [-0.05, 0) is 11.6 Å². The molecule has 1 N–H and O–H groups in total. The van der Waals surface area contributed by atoms with Crippen molar-refractivity contribution in [2.45, 2.75) is 13.0 Å². The van der Waals surface area contributed by atoms with Gasteiger partial charge in [0.2, 0.25) is 0 Å². The van der Waals surface area contributed by atoms with Crippen LogP contribution in [0.3, 0.4) is 0 Å². The number of halogens is 1. The quantitative estimate of drug-likeness (QED) is 0.504. The average molecular weight is 295 g/mol. The van der Waals surface area contributed by atoms with E-state index in [2.05, 4.69) is 10.3 Å². The molecule has 20 heavy (non-hydrogen) atoms. The molecule has 6 nitrogen and oxygen atoms in total. The average Bonchev–Trinajstić information content (AvgIpc) is 2.81. The minimum atomic E-state index is -0.454. The Balaban J connectivity index is 1.85. The van der Waals surface area contributed by atoms with Gasteiger partial charge in [0.1, 0.15) is 5.82 Å². The summed E-state index contributed by atoms with van der Waals surface area (Å²) in [5.41, 5.74) is 0.851. The molecule has 106 valence electrons. The highest BCUT2D eigenvalue weighted by molar-refractivity contribution is 6.31. The Hall–Kier alpha value is -1.92. The normalized spacial score (nSPS) is 10.7. The fraction of sp³-hybridized carbons (Fsp3) is 0.308. The molecule has 0 aliphatic rings. The van der Waals surface area contributed by atoms with E-state index in [1.807, 2.05) is 17.8 Å². The number of hydrogen-bond donors (Lipinski definition) is 1. The number of imidazole rings is 1. The van der Waals surface area contributed by atoms with Gasteiger partial charge in [-0.2, -0.15) is 0 Å². The van der Waals surface area contributed by atoms with Crippen LogP contribution in [0, 0.1) is 10.1 Å². The maximum Gasteiger partial charge on any atom is 0.270 e. The summed E-state index contributed by atoms with van der Waals surface area (Å²) >= 11 is 6.02. The van der Waals surface area contributed by atoms with Crippen LogP contribution in [0.2, 0.25) is 5.02 Å². The summed E-state index contributed by atoms with van der Waals surface area (Å²) in [5, 5.41) is 14.3. The minimum Gasteiger partial charge on any atom is -0.338 e. The largest absolute Gasteiger partial charge is 0.338 e. The molecule has 1 aromatic heterocycles. The first-order valence-electron chi connectivity index (χ1n) is 6.17. The molecular weight excluding hydrogens is 280 g/mol. The van der Waals surface area contributed by atoms with E-state index in [1.54, 1.807) is 12.3 Å². The van der Waals surface area contributed by atoms with Crippen molar-refractivity contribution in [2.75, 3.05) is 6.54 Å². The van der Waals surface area contributed by atoms with Crippen molar-refractivity contribution >= 4 is 17.3 Å². The molecule has 1 aromatic carbocycles. The van der Waals surface area contributed by atoms with Gasteiger partial charge in [0.15, 0.2) is 0 Å². The van der Waals surface area contributed by atoms with Gasteiger partial charge in [0, 0.05) is 51.1 Å². The van der Waals surface area contributed by atoms with Crippen LogP contribution in [0.1, 0.15) is 11.4 Å². The topological polar surface area (TPSA) is 73.0 Å². The number of nitro groups is 1. The predicted molar refractivity (Wildman–Crippen MR) is 76.7 cm³/mol. The van der Waals surface area contributed by atoms with Crippen LogP contribution in [-0.4, -0.2) is 21.0 Å². The molecule has 0 aliphatic heterocycles. The fourth-order valence-electron chi connectivity index (χ4n) is 1.85. The van der Waals surface area contributed by atoms with E-state index < -0.39 is 4.92 Å². The maximum atomic E-state index is 10.6. The third-order valence-electron chi connectivity index (χ3n) is 3.01. The van der Waals surface area contributed by atoms with Gasteiger partial charge < -0.3 is 9.88 Å². The fourth-order valence-corrected chi connectivity index (χ4v) is 2.10. The number of aromatic nitrogens is 2. The maximum absolute atomic E-state index is 10.6. The van der Waals surface area contributed by atoms with Crippen molar-refractivity contribution in [2.24, 2.45) is 7.05 Å². The van der Waals surface area contributed by atoms with Crippen molar-refractivity contribution in [3.8, 4) is 0 Å². The summed E-state index contributed by atoms with van der Waals surface area (Å²) in [5.74, 6) is 1.01.